The van der Waals surface area contributed by atoms with Crippen LogP contribution in [-0.2, 0) is 6.54 Å². The average Bonchev–Trinajstić information content (AvgIpc) is 3.35. The van der Waals surface area contributed by atoms with E-state index in [-0.39, 0.29) is 11.8 Å². The van der Waals surface area contributed by atoms with Gasteiger partial charge in [-0.2, -0.15) is 0 Å². The number of halogens is 2. The molecule has 1 saturated heterocycles. The molecule has 5 rings (SSSR count). The standard InChI is InChI=1S/C27H24F2N4O2/c28-22-2-1-3-23(29)25(22)27(35)33-13-9-20(10-14-33)19-4-6-21(7-5-19)26(34)31-17-18-8-12-32-15-11-30-24(32)16-18/h1-8,11-12,15-16,20H,9-10,13-14,17H2,(H,31,34). The van der Waals surface area contributed by atoms with Crippen LogP contribution >= 0.6 is 0 Å². The maximum Gasteiger partial charge on any atom is 0.259 e. The lowest BCUT2D eigenvalue weighted by molar-refractivity contribution is 0.0702. The number of hydrogen-bond acceptors (Lipinski definition) is 3. The van der Waals surface area contributed by atoms with E-state index in [9.17, 15) is 18.4 Å². The van der Waals surface area contributed by atoms with Crippen LogP contribution in [0, 0.1) is 11.6 Å². The monoisotopic (exact) mass is 474 g/mol. The van der Waals surface area contributed by atoms with Crippen LogP contribution in [0.25, 0.3) is 5.65 Å². The first-order chi connectivity index (χ1) is 17.0. The number of likely N-dealkylation sites (tertiary alicyclic amines) is 1. The smallest absolute Gasteiger partial charge is 0.259 e. The molecule has 2 aromatic carbocycles. The number of imidazole rings is 1. The summed E-state index contributed by atoms with van der Waals surface area (Å²) in [6.45, 7) is 1.24. The van der Waals surface area contributed by atoms with Crippen molar-refractivity contribution in [3.8, 4) is 0 Å². The highest BCUT2D eigenvalue weighted by atomic mass is 19.1. The van der Waals surface area contributed by atoms with Crippen molar-refractivity contribution in [3.63, 3.8) is 0 Å². The second-order valence-corrected chi connectivity index (χ2v) is 8.70. The number of fused-ring (bicyclic) bond motifs is 1. The molecule has 6 nitrogen and oxygen atoms in total. The Labute approximate surface area is 201 Å². The predicted octanol–water partition coefficient (Wildman–Crippen LogP) is 4.56. The summed E-state index contributed by atoms with van der Waals surface area (Å²) in [4.78, 5) is 31.0. The van der Waals surface area contributed by atoms with E-state index in [4.69, 9.17) is 0 Å². The lowest BCUT2D eigenvalue weighted by Crippen LogP contribution is -2.38. The van der Waals surface area contributed by atoms with Gasteiger partial charge < -0.3 is 14.6 Å². The summed E-state index contributed by atoms with van der Waals surface area (Å²) in [5.41, 5.74) is 2.94. The number of pyridine rings is 1. The first-order valence-electron chi connectivity index (χ1n) is 11.5. The average molecular weight is 475 g/mol. The van der Waals surface area contributed by atoms with Gasteiger partial charge in [-0.3, -0.25) is 9.59 Å². The highest BCUT2D eigenvalue weighted by Gasteiger charge is 2.28. The lowest BCUT2D eigenvalue weighted by Gasteiger charge is -2.32. The molecule has 2 amide bonds. The Morgan fingerprint density at radius 1 is 0.971 bits per heavy atom. The van der Waals surface area contributed by atoms with Crippen molar-refractivity contribution in [3.05, 3.63) is 107 Å². The van der Waals surface area contributed by atoms with E-state index in [2.05, 4.69) is 10.3 Å². The highest BCUT2D eigenvalue weighted by Crippen LogP contribution is 2.29. The third-order valence-corrected chi connectivity index (χ3v) is 6.52. The van der Waals surface area contributed by atoms with Crippen molar-refractivity contribution in [2.45, 2.75) is 25.3 Å². The number of aromatic nitrogens is 2. The molecular weight excluding hydrogens is 450 g/mol. The van der Waals surface area contributed by atoms with E-state index in [1.165, 1.54) is 11.0 Å². The summed E-state index contributed by atoms with van der Waals surface area (Å²) in [5.74, 6) is -2.24. The number of nitrogens with one attached hydrogen (secondary N) is 1. The molecule has 0 atom stereocenters. The molecule has 1 fully saturated rings. The topological polar surface area (TPSA) is 66.7 Å². The molecule has 4 aromatic rings. The quantitative estimate of drug-likeness (QED) is 0.461. The molecule has 0 spiro atoms. The summed E-state index contributed by atoms with van der Waals surface area (Å²) in [6.07, 6.45) is 6.87. The Hall–Kier alpha value is -4.07. The molecular formula is C27H24F2N4O2. The second kappa shape index (κ2) is 9.66. The lowest BCUT2D eigenvalue weighted by atomic mass is 9.88. The van der Waals surface area contributed by atoms with Crippen LogP contribution in [0.3, 0.4) is 0 Å². The Kier molecular flexibility index (Phi) is 6.27. The Morgan fingerprint density at radius 2 is 1.69 bits per heavy atom. The zero-order chi connectivity index (χ0) is 24.4. The fraction of sp³-hybridized carbons (Fsp3) is 0.222. The van der Waals surface area contributed by atoms with Gasteiger partial charge in [0.15, 0.2) is 0 Å². The number of carbonyl (C=O) groups is 2. The highest BCUT2D eigenvalue weighted by molar-refractivity contribution is 5.95. The molecule has 0 saturated carbocycles. The maximum absolute atomic E-state index is 14.0. The van der Waals surface area contributed by atoms with Crippen LogP contribution in [0.5, 0.6) is 0 Å². The van der Waals surface area contributed by atoms with Gasteiger partial charge in [0.1, 0.15) is 22.8 Å². The van der Waals surface area contributed by atoms with Crippen molar-refractivity contribution in [2.24, 2.45) is 0 Å². The van der Waals surface area contributed by atoms with Crippen molar-refractivity contribution in [1.82, 2.24) is 19.6 Å². The summed E-state index contributed by atoms with van der Waals surface area (Å²) < 4.78 is 29.9. The van der Waals surface area contributed by atoms with Gasteiger partial charge >= 0.3 is 0 Å². The van der Waals surface area contributed by atoms with E-state index >= 15 is 0 Å². The molecule has 35 heavy (non-hydrogen) atoms. The molecule has 3 heterocycles. The zero-order valence-corrected chi connectivity index (χ0v) is 19.0. The van der Waals surface area contributed by atoms with Crippen LogP contribution in [0.2, 0.25) is 0 Å². The number of rotatable bonds is 5. The Morgan fingerprint density at radius 3 is 2.40 bits per heavy atom. The number of amides is 2. The minimum atomic E-state index is -0.840. The van der Waals surface area contributed by atoms with E-state index in [1.807, 2.05) is 41.1 Å². The molecule has 0 bridgehead atoms. The number of carbonyl (C=O) groups excluding carboxylic acids is 2. The summed E-state index contributed by atoms with van der Waals surface area (Å²) >= 11 is 0. The molecule has 1 aliphatic rings. The van der Waals surface area contributed by atoms with E-state index < -0.39 is 23.1 Å². The predicted molar refractivity (Wildman–Crippen MR) is 127 cm³/mol. The Balaban J connectivity index is 1.16. The first-order valence-corrected chi connectivity index (χ1v) is 11.5. The van der Waals surface area contributed by atoms with Crippen LogP contribution in [0.15, 0.2) is 73.2 Å². The normalized spacial score (nSPS) is 14.3. The van der Waals surface area contributed by atoms with E-state index in [1.54, 1.807) is 18.3 Å². The first kappa shape index (κ1) is 22.7. The van der Waals surface area contributed by atoms with E-state index in [0.717, 1.165) is 28.9 Å². The Bertz CT molecular complexity index is 1360. The fourth-order valence-corrected chi connectivity index (χ4v) is 4.53. The van der Waals surface area contributed by atoms with Gasteiger partial charge in [-0.15, -0.1) is 0 Å². The minimum absolute atomic E-state index is 0.160. The SMILES string of the molecule is O=C(NCc1ccn2ccnc2c1)c1ccc(C2CCN(C(=O)c3c(F)cccc3F)CC2)cc1. The van der Waals surface area contributed by atoms with Gasteiger partial charge in [-0.05, 0) is 66.3 Å². The van der Waals surface area contributed by atoms with Gasteiger partial charge in [0.05, 0.1) is 0 Å². The summed E-state index contributed by atoms with van der Waals surface area (Å²) in [5, 5.41) is 2.93. The van der Waals surface area contributed by atoms with Crippen molar-refractivity contribution in [1.29, 1.82) is 0 Å². The van der Waals surface area contributed by atoms with Crippen molar-refractivity contribution >= 4 is 17.5 Å². The van der Waals surface area contributed by atoms with Gasteiger partial charge in [-0.1, -0.05) is 18.2 Å². The number of hydrogen-bond donors (Lipinski definition) is 1. The zero-order valence-electron chi connectivity index (χ0n) is 19.0. The number of nitrogens with zero attached hydrogens (tertiary/aromatic N) is 3. The van der Waals surface area contributed by atoms with Gasteiger partial charge in [-0.25, -0.2) is 13.8 Å². The summed E-state index contributed by atoms with van der Waals surface area (Å²) in [6, 6.07) is 14.8. The molecule has 0 aliphatic carbocycles. The molecule has 0 radical (unpaired) electrons. The summed E-state index contributed by atoms with van der Waals surface area (Å²) in [7, 11) is 0. The van der Waals surface area contributed by atoms with Crippen LogP contribution in [0.4, 0.5) is 8.78 Å². The van der Waals surface area contributed by atoms with Crippen molar-refractivity contribution < 1.29 is 18.4 Å². The third kappa shape index (κ3) is 4.77. The second-order valence-electron chi connectivity index (χ2n) is 8.70. The van der Waals surface area contributed by atoms with Gasteiger partial charge in [0, 0.05) is 43.8 Å². The maximum atomic E-state index is 14.0. The molecule has 0 unspecified atom stereocenters. The molecule has 1 N–H and O–H groups in total. The molecule has 178 valence electrons. The molecule has 8 heteroatoms. The van der Waals surface area contributed by atoms with E-state index in [0.29, 0.717) is 38.0 Å². The largest absolute Gasteiger partial charge is 0.348 e. The van der Waals surface area contributed by atoms with Crippen molar-refractivity contribution in [2.75, 3.05) is 13.1 Å². The third-order valence-electron chi connectivity index (χ3n) is 6.52. The van der Waals surface area contributed by atoms with Gasteiger partial charge in [0.25, 0.3) is 11.8 Å². The molecule has 1 aliphatic heterocycles. The van der Waals surface area contributed by atoms with Crippen LogP contribution in [-0.4, -0.2) is 39.2 Å². The van der Waals surface area contributed by atoms with Crippen LogP contribution < -0.4 is 5.32 Å². The minimum Gasteiger partial charge on any atom is -0.348 e. The number of benzene rings is 2. The molecule has 2 aromatic heterocycles. The fourth-order valence-electron chi connectivity index (χ4n) is 4.53. The number of piperidine rings is 1. The van der Waals surface area contributed by atoms with Gasteiger partial charge in [0.2, 0.25) is 0 Å². The van der Waals surface area contributed by atoms with Crippen LogP contribution in [0.1, 0.15) is 50.6 Å².